The molecule has 5 nitrogen and oxygen atoms in total. The van der Waals surface area contributed by atoms with Crippen molar-refractivity contribution in [2.75, 3.05) is 13.7 Å². The van der Waals surface area contributed by atoms with Crippen LogP contribution in [0.4, 0.5) is 0 Å². The number of aromatic nitrogens is 2. The molecule has 0 bridgehead atoms. The SMILES string of the molecule is COC(=O)c1ccc2c(cnn2COCC[Si](C)(C)C)c1. The first-order valence-electron chi connectivity index (χ1n) is 7.02. The van der Waals surface area contributed by atoms with Gasteiger partial charge in [-0.1, -0.05) is 19.6 Å². The monoisotopic (exact) mass is 306 g/mol. The standard InChI is InChI=1S/C15H22N2O3Si/c1-19-15(18)12-5-6-14-13(9-12)10-16-17(14)11-20-7-8-21(2,3)4/h5-6,9-10H,7-8,11H2,1-4H3. The Morgan fingerprint density at radius 1 is 1.33 bits per heavy atom. The average Bonchev–Trinajstić information content (AvgIpc) is 2.84. The summed E-state index contributed by atoms with van der Waals surface area (Å²) in [4.78, 5) is 11.5. The van der Waals surface area contributed by atoms with Gasteiger partial charge < -0.3 is 9.47 Å². The first-order chi connectivity index (χ1) is 9.90. The number of esters is 1. The average molecular weight is 306 g/mol. The molecule has 0 fully saturated rings. The maximum absolute atomic E-state index is 11.5. The van der Waals surface area contributed by atoms with Gasteiger partial charge in [-0.2, -0.15) is 5.10 Å². The molecule has 1 heterocycles. The second-order valence-electron chi connectivity index (χ2n) is 6.26. The lowest BCUT2D eigenvalue weighted by Gasteiger charge is -2.15. The Labute approximate surface area is 125 Å². The van der Waals surface area contributed by atoms with E-state index in [4.69, 9.17) is 9.47 Å². The van der Waals surface area contributed by atoms with Crippen LogP contribution in [-0.2, 0) is 16.2 Å². The predicted octanol–water partition coefficient (Wildman–Crippen LogP) is 3.14. The Hall–Kier alpha value is -1.66. The lowest BCUT2D eigenvalue weighted by molar-refractivity contribution is 0.0601. The highest BCUT2D eigenvalue weighted by molar-refractivity contribution is 6.76. The van der Waals surface area contributed by atoms with E-state index in [0.29, 0.717) is 12.3 Å². The van der Waals surface area contributed by atoms with Crippen LogP contribution in [0.3, 0.4) is 0 Å². The summed E-state index contributed by atoms with van der Waals surface area (Å²) in [6.07, 6.45) is 1.74. The molecule has 0 aliphatic rings. The molecule has 21 heavy (non-hydrogen) atoms. The van der Waals surface area contributed by atoms with Gasteiger partial charge in [0.05, 0.1) is 24.4 Å². The number of fused-ring (bicyclic) bond motifs is 1. The third kappa shape index (κ3) is 4.15. The molecule has 0 atom stereocenters. The summed E-state index contributed by atoms with van der Waals surface area (Å²) in [7, 11) is 0.314. The molecule has 0 aliphatic heterocycles. The van der Waals surface area contributed by atoms with Crippen LogP contribution >= 0.6 is 0 Å². The molecule has 2 aromatic rings. The fourth-order valence-electron chi connectivity index (χ4n) is 1.96. The third-order valence-electron chi connectivity index (χ3n) is 3.27. The van der Waals surface area contributed by atoms with E-state index in [1.807, 2.05) is 6.07 Å². The van der Waals surface area contributed by atoms with Crippen LogP contribution in [0.2, 0.25) is 25.7 Å². The van der Waals surface area contributed by atoms with Crippen molar-refractivity contribution in [3.8, 4) is 0 Å². The number of benzene rings is 1. The van der Waals surface area contributed by atoms with E-state index in [1.165, 1.54) is 7.11 Å². The molecular weight excluding hydrogens is 284 g/mol. The van der Waals surface area contributed by atoms with Gasteiger partial charge in [0, 0.05) is 20.1 Å². The largest absolute Gasteiger partial charge is 0.465 e. The Balaban J connectivity index is 2.03. The van der Waals surface area contributed by atoms with Crippen LogP contribution in [0.25, 0.3) is 10.9 Å². The van der Waals surface area contributed by atoms with Crippen molar-refractivity contribution < 1.29 is 14.3 Å². The summed E-state index contributed by atoms with van der Waals surface area (Å²) < 4.78 is 12.2. The Bertz CT molecular complexity index is 631. The van der Waals surface area contributed by atoms with Crippen LogP contribution in [0.15, 0.2) is 24.4 Å². The number of ether oxygens (including phenoxy) is 2. The first kappa shape index (κ1) is 15.7. The summed E-state index contributed by atoms with van der Waals surface area (Å²) in [5.41, 5.74) is 1.49. The molecule has 6 heteroatoms. The highest BCUT2D eigenvalue weighted by atomic mass is 28.3. The molecule has 0 N–H and O–H groups in total. The molecule has 0 saturated carbocycles. The third-order valence-corrected chi connectivity index (χ3v) is 4.98. The number of hydrogen-bond donors (Lipinski definition) is 0. The smallest absolute Gasteiger partial charge is 0.337 e. The van der Waals surface area contributed by atoms with Crippen LogP contribution in [-0.4, -0.2) is 37.5 Å². The van der Waals surface area contributed by atoms with Gasteiger partial charge in [0.25, 0.3) is 0 Å². The Morgan fingerprint density at radius 2 is 2.10 bits per heavy atom. The zero-order chi connectivity index (χ0) is 15.5. The highest BCUT2D eigenvalue weighted by Gasteiger charge is 2.13. The lowest BCUT2D eigenvalue weighted by Crippen LogP contribution is -2.22. The van der Waals surface area contributed by atoms with E-state index >= 15 is 0 Å². The molecule has 2 rings (SSSR count). The minimum atomic E-state index is -1.06. The maximum atomic E-state index is 11.5. The quantitative estimate of drug-likeness (QED) is 0.467. The molecule has 1 aromatic carbocycles. The van der Waals surface area contributed by atoms with E-state index in [2.05, 4.69) is 24.7 Å². The van der Waals surface area contributed by atoms with E-state index < -0.39 is 8.07 Å². The van der Waals surface area contributed by atoms with Gasteiger partial charge in [0.2, 0.25) is 0 Å². The molecule has 1 aromatic heterocycles. The Morgan fingerprint density at radius 3 is 2.76 bits per heavy atom. The molecule has 0 spiro atoms. The molecule has 0 saturated heterocycles. The van der Waals surface area contributed by atoms with E-state index in [1.54, 1.807) is 23.0 Å². The molecule has 0 amide bonds. The van der Waals surface area contributed by atoms with Crippen LogP contribution in [0.1, 0.15) is 10.4 Å². The van der Waals surface area contributed by atoms with Gasteiger partial charge in [-0.3, -0.25) is 0 Å². The van der Waals surface area contributed by atoms with E-state index in [9.17, 15) is 4.79 Å². The van der Waals surface area contributed by atoms with Crippen molar-refractivity contribution in [2.45, 2.75) is 32.4 Å². The molecule has 0 radical (unpaired) electrons. The lowest BCUT2D eigenvalue weighted by atomic mass is 10.1. The zero-order valence-electron chi connectivity index (χ0n) is 13.0. The van der Waals surface area contributed by atoms with Gasteiger partial charge in [-0.15, -0.1) is 0 Å². The summed E-state index contributed by atoms with van der Waals surface area (Å²) in [6, 6.07) is 6.54. The second-order valence-corrected chi connectivity index (χ2v) is 11.9. The topological polar surface area (TPSA) is 53.3 Å². The number of carbonyl (C=O) groups excluding carboxylic acids is 1. The van der Waals surface area contributed by atoms with Crippen molar-refractivity contribution >= 4 is 24.9 Å². The van der Waals surface area contributed by atoms with Crippen molar-refractivity contribution in [2.24, 2.45) is 0 Å². The van der Waals surface area contributed by atoms with Gasteiger partial charge in [0.15, 0.2) is 0 Å². The van der Waals surface area contributed by atoms with Crippen LogP contribution in [0, 0.1) is 0 Å². The minimum Gasteiger partial charge on any atom is -0.465 e. The summed E-state index contributed by atoms with van der Waals surface area (Å²) >= 11 is 0. The zero-order valence-corrected chi connectivity index (χ0v) is 14.0. The summed E-state index contributed by atoms with van der Waals surface area (Å²) in [6.45, 7) is 8.18. The normalized spacial score (nSPS) is 11.8. The summed E-state index contributed by atoms with van der Waals surface area (Å²) in [5, 5.41) is 5.22. The van der Waals surface area contributed by atoms with Crippen LogP contribution in [0.5, 0.6) is 0 Å². The fraction of sp³-hybridized carbons (Fsp3) is 0.467. The number of methoxy groups -OCH3 is 1. The highest BCUT2D eigenvalue weighted by Crippen LogP contribution is 2.17. The minimum absolute atomic E-state index is 0.337. The maximum Gasteiger partial charge on any atom is 0.337 e. The second kappa shape index (κ2) is 6.40. The van der Waals surface area contributed by atoms with Gasteiger partial charge in [-0.25, -0.2) is 9.48 Å². The van der Waals surface area contributed by atoms with Crippen molar-refractivity contribution in [1.82, 2.24) is 9.78 Å². The molecule has 0 unspecified atom stereocenters. The summed E-state index contributed by atoms with van der Waals surface area (Å²) in [5.74, 6) is -0.337. The number of carbonyl (C=O) groups is 1. The van der Waals surface area contributed by atoms with Gasteiger partial charge in [-0.05, 0) is 24.2 Å². The van der Waals surface area contributed by atoms with Gasteiger partial charge >= 0.3 is 5.97 Å². The van der Waals surface area contributed by atoms with E-state index in [0.717, 1.165) is 23.6 Å². The van der Waals surface area contributed by atoms with Crippen molar-refractivity contribution in [3.63, 3.8) is 0 Å². The fourth-order valence-corrected chi connectivity index (χ4v) is 2.72. The first-order valence-corrected chi connectivity index (χ1v) is 10.7. The van der Waals surface area contributed by atoms with E-state index in [-0.39, 0.29) is 5.97 Å². The number of rotatable bonds is 6. The molecular formula is C15H22N2O3Si. The van der Waals surface area contributed by atoms with Crippen molar-refractivity contribution in [1.29, 1.82) is 0 Å². The molecule has 0 aliphatic carbocycles. The van der Waals surface area contributed by atoms with Crippen molar-refractivity contribution in [3.05, 3.63) is 30.0 Å². The van der Waals surface area contributed by atoms with Crippen LogP contribution < -0.4 is 0 Å². The predicted molar refractivity (Wildman–Crippen MR) is 85.2 cm³/mol. The van der Waals surface area contributed by atoms with Gasteiger partial charge in [0.1, 0.15) is 6.73 Å². The molecule has 114 valence electrons. The number of hydrogen-bond acceptors (Lipinski definition) is 4. The Kier molecular flexibility index (Phi) is 4.79. The number of nitrogens with zero attached hydrogens (tertiary/aromatic N) is 2.